The number of hydrogen-bond acceptors (Lipinski definition) is 5. The molecule has 0 bridgehead atoms. The number of benzene rings is 1. The van der Waals surface area contributed by atoms with Gasteiger partial charge in [0.2, 0.25) is 0 Å². The summed E-state index contributed by atoms with van der Waals surface area (Å²) in [5.41, 5.74) is 3.86. The molecule has 0 aliphatic carbocycles. The number of fused-ring (bicyclic) bond motifs is 1. The molecule has 3 heterocycles. The topological polar surface area (TPSA) is 67.8 Å². The number of halogens is 2. The van der Waals surface area contributed by atoms with E-state index in [0.717, 1.165) is 21.5 Å². The van der Waals surface area contributed by atoms with Crippen LogP contribution in [0.3, 0.4) is 0 Å². The lowest BCUT2D eigenvalue weighted by Crippen LogP contribution is -2.13. The number of pyridine rings is 2. The van der Waals surface area contributed by atoms with Crippen LogP contribution in [0.5, 0.6) is 0 Å². The van der Waals surface area contributed by atoms with Gasteiger partial charge in [-0.1, -0.05) is 35.1 Å². The van der Waals surface area contributed by atoms with E-state index in [1.807, 2.05) is 37.3 Å². The van der Waals surface area contributed by atoms with E-state index in [2.05, 4.69) is 36.2 Å². The van der Waals surface area contributed by atoms with Crippen molar-refractivity contribution in [1.82, 2.24) is 15.0 Å². The predicted octanol–water partition coefficient (Wildman–Crippen LogP) is 5.73. The molecule has 0 unspecified atom stereocenters. The number of nitrogens with one attached hydrogen (secondary N) is 1. The van der Waals surface area contributed by atoms with Crippen LogP contribution in [0.25, 0.3) is 21.5 Å². The van der Waals surface area contributed by atoms with E-state index in [-0.39, 0.29) is 5.91 Å². The first kappa shape index (κ1) is 18.0. The summed E-state index contributed by atoms with van der Waals surface area (Å²) in [6.45, 7) is 1.87. The van der Waals surface area contributed by atoms with Crippen molar-refractivity contribution >= 4 is 60.3 Å². The minimum Gasteiger partial charge on any atom is -0.298 e. The van der Waals surface area contributed by atoms with Gasteiger partial charge in [0.05, 0.1) is 10.3 Å². The summed E-state index contributed by atoms with van der Waals surface area (Å²) < 4.78 is 1.58. The summed E-state index contributed by atoms with van der Waals surface area (Å²) in [6.07, 6.45) is 3.30. The predicted molar refractivity (Wildman–Crippen MR) is 112 cm³/mol. The molecule has 0 spiro atoms. The maximum absolute atomic E-state index is 12.5. The molecular weight excluding hydrogens is 448 g/mol. The molecule has 8 heteroatoms. The Bertz CT molecular complexity index is 1160. The van der Waals surface area contributed by atoms with Crippen LogP contribution in [-0.2, 0) is 0 Å². The minimum absolute atomic E-state index is 0.272. The van der Waals surface area contributed by atoms with Gasteiger partial charge in [-0.25, -0.2) is 4.98 Å². The Hall–Kier alpha value is -2.35. The third-order valence-electron chi connectivity index (χ3n) is 3.88. The van der Waals surface area contributed by atoms with Crippen molar-refractivity contribution < 1.29 is 4.79 Å². The summed E-state index contributed by atoms with van der Waals surface area (Å²) in [5.74, 6) is -0.272. The highest BCUT2D eigenvalue weighted by atomic mass is 79.9. The molecule has 0 atom stereocenters. The van der Waals surface area contributed by atoms with Crippen LogP contribution < -0.4 is 5.32 Å². The number of nitrogens with zero attached hydrogens (tertiary/aromatic N) is 3. The van der Waals surface area contributed by atoms with Gasteiger partial charge in [-0.05, 0) is 52.7 Å². The lowest BCUT2D eigenvalue weighted by molar-refractivity contribution is 0.102. The Labute approximate surface area is 172 Å². The Kier molecular flexibility index (Phi) is 4.90. The number of thiazole rings is 1. The maximum Gasteiger partial charge on any atom is 0.260 e. The molecule has 3 aromatic heterocycles. The zero-order valence-electron chi connectivity index (χ0n) is 14.0. The largest absolute Gasteiger partial charge is 0.298 e. The molecule has 1 amide bonds. The van der Waals surface area contributed by atoms with E-state index in [9.17, 15) is 4.79 Å². The molecule has 0 aliphatic rings. The fourth-order valence-corrected chi connectivity index (χ4v) is 4.13. The molecule has 0 saturated heterocycles. The van der Waals surface area contributed by atoms with Gasteiger partial charge in [-0.15, -0.1) is 0 Å². The second-order valence-corrected chi connectivity index (χ2v) is 8.15. The van der Waals surface area contributed by atoms with Crippen LogP contribution in [-0.4, -0.2) is 20.9 Å². The second-order valence-electron chi connectivity index (χ2n) is 5.83. The molecule has 1 aromatic carbocycles. The fourth-order valence-electron chi connectivity index (χ4n) is 2.53. The molecule has 1 N–H and O–H groups in total. The summed E-state index contributed by atoms with van der Waals surface area (Å²) >= 11 is 10.7. The molecule has 0 saturated carbocycles. The average molecular weight is 460 g/mol. The average Bonchev–Trinajstić information content (AvgIpc) is 3.03. The zero-order valence-corrected chi connectivity index (χ0v) is 17.2. The second kappa shape index (κ2) is 7.34. The van der Waals surface area contributed by atoms with Crippen LogP contribution in [0.4, 0.5) is 5.13 Å². The SMILES string of the molecule is Cc1cc(Br)c(C(=O)Nc2nc3ncc(-c4ccc(Cl)cc4)cc3s2)cn1. The smallest absolute Gasteiger partial charge is 0.260 e. The molecule has 27 heavy (non-hydrogen) atoms. The van der Waals surface area contributed by atoms with Crippen LogP contribution >= 0.6 is 38.9 Å². The number of anilines is 1. The van der Waals surface area contributed by atoms with Crippen molar-refractivity contribution in [2.45, 2.75) is 6.92 Å². The maximum atomic E-state index is 12.5. The molecule has 0 fully saturated rings. The number of aromatic nitrogens is 3. The molecule has 4 rings (SSSR count). The normalized spacial score (nSPS) is 10.9. The van der Waals surface area contributed by atoms with Crippen molar-refractivity contribution in [1.29, 1.82) is 0 Å². The number of amides is 1. The molecular formula is C19H12BrClN4OS. The van der Waals surface area contributed by atoms with Crippen molar-refractivity contribution in [2.75, 3.05) is 5.32 Å². The summed E-state index contributed by atoms with van der Waals surface area (Å²) in [5, 5.41) is 3.99. The molecule has 5 nitrogen and oxygen atoms in total. The number of rotatable bonds is 3. The zero-order chi connectivity index (χ0) is 19.0. The Morgan fingerprint density at radius 3 is 2.63 bits per heavy atom. The van der Waals surface area contributed by atoms with Gasteiger partial charge in [-0.3, -0.25) is 15.1 Å². The van der Waals surface area contributed by atoms with Crippen LogP contribution in [0.1, 0.15) is 16.1 Å². The van der Waals surface area contributed by atoms with Crippen LogP contribution in [0.2, 0.25) is 5.02 Å². The molecule has 134 valence electrons. The van der Waals surface area contributed by atoms with Gasteiger partial charge in [0.15, 0.2) is 10.8 Å². The highest BCUT2D eigenvalue weighted by molar-refractivity contribution is 9.10. The van der Waals surface area contributed by atoms with E-state index in [1.165, 1.54) is 11.3 Å². The third-order valence-corrected chi connectivity index (χ3v) is 5.69. The number of aryl methyl sites for hydroxylation is 1. The van der Waals surface area contributed by atoms with Crippen LogP contribution in [0, 0.1) is 6.92 Å². The van der Waals surface area contributed by atoms with Crippen molar-refractivity contribution in [2.24, 2.45) is 0 Å². The minimum atomic E-state index is -0.272. The molecule has 0 aliphatic heterocycles. The first-order valence-corrected chi connectivity index (χ1v) is 9.94. The van der Waals surface area contributed by atoms with Crippen molar-refractivity contribution in [3.05, 3.63) is 69.5 Å². The third kappa shape index (κ3) is 3.85. The first-order chi connectivity index (χ1) is 13.0. The Morgan fingerprint density at radius 2 is 1.89 bits per heavy atom. The fraction of sp³-hybridized carbons (Fsp3) is 0.0526. The standard InChI is InChI=1S/C19H12BrClN4OS/c1-10-6-15(20)14(9-22-10)18(26)25-19-24-17-16(27-19)7-12(8-23-17)11-2-4-13(21)5-3-11/h2-9H,1H3,(H,23,24,25,26). The highest BCUT2D eigenvalue weighted by Gasteiger charge is 2.14. The van der Waals surface area contributed by atoms with E-state index < -0.39 is 0 Å². The molecule has 4 aromatic rings. The Balaban J connectivity index is 1.61. The highest BCUT2D eigenvalue weighted by Crippen LogP contribution is 2.30. The van der Waals surface area contributed by atoms with Gasteiger partial charge >= 0.3 is 0 Å². The van der Waals surface area contributed by atoms with Gasteiger partial charge in [0.25, 0.3) is 5.91 Å². The van der Waals surface area contributed by atoms with Gasteiger partial charge in [0, 0.05) is 33.1 Å². The Morgan fingerprint density at radius 1 is 1.11 bits per heavy atom. The lowest BCUT2D eigenvalue weighted by Gasteiger charge is -2.04. The quantitative estimate of drug-likeness (QED) is 0.425. The molecule has 0 radical (unpaired) electrons. The van der Waals surface area contributed by atoms with Crippen LogP contribution in [0.15, 0.2) is 53.3 Å². The van der Waals surface area contributed by atoms with Crippen molar-refractivity contribution in [3.8, 4) is 11.1 Å². The van der Waals surface area contributed by atoms with E-state index >= 15 is 0 Å². The number of carbonyl (C=O) groups excluding carboxylic acids is 1. The van der Waals surface area contributed by atoms with Gasteiger partial charge in [-0.2, -0.15) is 4.98 Å². The monoisotopic (exact) mass is 458 g/mol. The van der Waals surface area contributed by atoms with E-state index in [1.54, 1.807) is 18.5 Å². The number of carbonyl (C=O) groups is 1. The lowest BCUT2D eigenvalue weighted by atomic mass is 10.1. The van der Waals surface area contributed by atoms with Crippen molar-refractivity contribution in [3.63, 3.8) is 0 Å². The van der Waals surface area contributed by atoms with Gasteiger partial charge < -0.3 is 0 Å². The van der Waals surface area contributed by atoms with Gasteiger partial charge in [0.1, 0.15) is 0 Å². The summed E-state index contributed by atoms with van der Waals surface area (Å²) in [6, 6.07) is 11.4. The van der Waals surface area contributed by atoms with E-state index in [4.69, 9.17) is 11.6 Å². The number of hydrogen-bond donors (Lipinski definition) is 1. The summed E-state index contributed by atoms with van der Waals surface area (Å²) in [4.78, 5) is 25.5. The summed E-state index contributed by atoms with van der Waals surface area (Å²) in [7, 11) is 0. The van der Waals surface area contributed by atoms with E-state index in [0.29, 0.717) is 25.8 Å². The first-order valence-electron chi connectivity index (χ1n) is 7.95.